The van der Waals surface area contributed by atoms with Gasteiger partial charge in [0.05, 0.1) is 4.92 Å². The van der Waals surface area contributed by atoms with Gasteiger partial charge in [-0.2, -0.15) is 0 Å². The Balaban J connectivity index is 1.33. The fraction of sp³-hybridized carbons (Fsp3) is 0.261. The summed E-state index contributed by atoms with van der Waals surface area (Å²) < 4.78 is 10.7. The van der Waals surface area contributed by atoms with E-state index in [1.165, 1.54) is 65.2 Å². The van der Waals surface area contributed by atoms with E-state index in [0.717, 1.165) is 0 Å². The number of esters is 1. The molecule has 0 saturated carbocycles. The van der Waals surface area contributed by atoms with Crippen molar-refractivity contribution < 1.29 is 33.9 Å². The molecule has 11 nitrogen and oxygen atoms in total. The maximum atomic E-state index is 12.8. The second-order valence-electron chi connectivity index (χ2n) is 7.87. The molecule has 2 N–H and O–H groups in total. The number of carbonyl (C=O) groups is 3. The molecule has 182 valence electrons. The van der Waals surface area contributed by atoms with Gasteiger partial charge in [-0.25, -0.2) is 4.79 Å². The van der Waals surface area contributed by atoms with E-state index in [0.29, 0.717) is 22.6 Å². The van der Waals surface area contributed by atoms with Crippen molar-refractivity contribution in [3.05, 3.63) is 75.5 Å². The van der Waals surface area contributed by atoms with Gasteiger partial charge in [-0.15, -0.1) is 11.8 Å². The highest BCUT2D eigenvalue weighted by Crippen LogP contribution is 2.40. The van der Waals surface area contributed by atoms with Gasteiger partial charge in [-0.1, -0.05) is 0 Å². The number of thioether (sulfide) groups is 1. The fourth-order valence-corrected chi connectivity index (χ4v) is 4.89. The summed E-state index contributed by atoms with van der Waals surface area (Å²) in [6.07, 6.45) is 0. The van der Waals surface area contributed by atoms with Crippen LogP contribution in [0.2, 0.25) is 0 Å². The van der Waals surface area contributed by atoms with Crippen molar-refractivity contribution in [2.45, 2.75) is 24.9 Å². The highest BCUT2D eigenvalue weighted by Gasteiger charge is 2.54. The van der Waals surface area contributed by atoms with Gasteiger partial charge in [0.15, 0.2) is 6.61 Å². The van der Waals surface area contributed by atoms with Crippen LogP contribution in [-0.2, 0) is 25.7 Å². The Bertz CT molecular complexity index is 1200. The minimum Gasteiger partial charge on any atom is -0.508 e. The first-order valence-corrected chi connectivity index (χ1v) is 11.6. The summed E-state index contributed by atoms with van der Waals surface area (Å²) in [6.45, 7) is 1.31. The number of hydrogen-bond acceptors (Lipinski definition) is 9. The summed E-state index contributed by atoms with van der Waals surface area (Å²) in [5.74, 6) is -0.663. The zero-order chi connectivity index (χ0) is 25.1. The molecule has 35 heavy (non-hydrogen) atoms. The number of phenolic OH excluding ortho intramolecular Hbond substituents is 1. The van der Waals surface area contributed by atoms with Crippen LogP contribution in [0.5, 0.6) is 11.5 Å². The molecule has 2 aliphatic rings. The van der Waals surface area contributed by atoms with E-state index < -0.39 is 34.1 Å². The molecule has 0 aliphatic carbocycles. The number of nitrogens with zero attached hydrogens (tertiary/aromatic N) is 2. The molecule has 1 saturated heterocycles. The van der Waals surface area contributed by atoms with Crippen molar-refractivity contribution in [2.24, 2.45) is 0 Å². The van der Waals surface area contributed by atoms with Gasteiger partial charge >= 0.3 is 5.97 Å². The summed E-state index contributed by atoms with van der Waals surface area (Å²) in [6, 6.07) is 10.7. The predicted octanol–water partition coefficient (Wildman–Crippen LogP) is 2.10. The molecule has 0 aromatic heterocycles. The van der Waals surface area contributed by atoms with Gasteiger partial charge in [0, 0.05) is 17.9 Å². The third kappa shape index (κ3) is 5.22. The first-order chi connectivity index (χ1) is 16.7. The molecule has 4 rings (SSSR count). The van der Waals surface area contributed by atoms with Crippen molar-refractivity contribution in [1.82, 2.24) is 10.2 Å². The molecule has 2 heterocycles. The van der Waals surface area contributed by atoms with E-state index >= 15 is 0 Å². The molecular formula is C23H21N3O8S. The first-order valence-electron chi connectivity index (χ1n) is 10.5. The maximum Gasteiger partial charge on any atom is 0.355 e. The number of amides is 2. The number of carbonyl (C=O) groups excluding carboxylic acids is 3. The highest BCUT2D eigenvalue weighted by molar-refractivity contribution is 8.00. The SMILES string of the molecule is CC1=C(C(=O)OCc2ccc([N+](=O)[O-])cc2)N2C(=O)C(NC(=O)COc3ccc(O)cc3)[C@@H]2SC1. The van der Waals surface area contributed by atoms with Gasteiger partial charge in [0.2, 0.25) is 0 Å². The predicted molar refractivity (Wildman–Crippen MR) is 124 cm³/mol. The molecule has 2 aromatic carbocycles. The number of rotatable bonds is 8. The number of phenols is 1. The highest BCUT2D eigenvalue weighted by atomic mass is 32.2. The van der Waals surface area contributed by atoms with Gasteiger partial charge in [0.25, 0.3) is 17.5 Å². The maximum absolute atomic E-state index is 12.8. The molecule has 0 bridgehead atoms. The van der Waals surface area contributed by atoms with Gasteiger partial charge < -0.3 is 19.9 Å². The summed E-state index contributed by atoms with van der Waals surface area (Å²) >= 11 is 1.42. The smallest absolute Gasteiger partial charge is 0.355 e. The van der Waals surface area contributed by atoms with E-state index in [4.69, 9.17) is 9.47 Å². The van der Waals surface area contributed by atoms with Crippen LogP contribution in [0.3, 0.4) is 0 Å². The van der Waals surface area contributed by atoms with Crippen LogP contribution in [0.15, 0.2) is 59.8 Å². The zero-order valence-electron chi connectivity index (χ0n) is 18.5. The van der Waals surface area contributed by atoms with Crippen molar-refractivity contribution >= 4 is 35.2 Å². The van der Waals surface area contributed by atoms with E-state index in [1.807, 2.05) is 0 Å². The standard InChI is InChI=1S/C23H21N3O8S/c1-13-12-35-22-19(24-18(28)11-33-17-8-6-16(27)7-9-17)21(29)25(22)20(13)23(30)34-10-14-2-4-15(5-3-14)26(31)32/h2-9,19,22,27H,10-12H2,1H3,(H,24,28)/t19?,22-/m0/s1. The average Bonchev–Trinajstić information content (AvgIpc) is 2.85. The monoisotopic (exact) mass is 499 g/mol. The molecule has 2 aromatic rings. The number of hydrogen-bond donors (Lipinski definition) is 2. The summed E-state index contributed by atoms with van der Waals surface area (Å²) in [5.41, 5.74) is 1.32. The number of aromatic hydroxyl groups is 1. The Kier molecular flexibility index (Phi) is 6.92. The Morgan fingerprint density at radius 2 is 1.89 bits per heavy atom. The second kappa shape index (κ2) is 10.1. The number of β-lactam (4-membered cyclic amide) rings is 1. The topological polar surface area (TPSA) is 148 Å². The number of fused-ring (bicyclic) bond motifs is 1. The van der Waals surface area contributed by atoms with Crippen LogP contribution in [0.4, 0.5) is 5.69 Å². The molecule has 0 radical (unpaired) electrons. The number of benzene rings is 2. The fourth-order valence-electron chi connectivity index (χ4n) is 3.60. The molecule has 2 aliphatic heterocycles. The van der Waals surface area contributed by atoms with Crippen LogP contribution in [0, 0.1) is 10.1 Å². The Labute approximate surface area is 203 Å². The molecule has 1 fully saturated rings. The van der Waals surface area contributed by atoms with Crippen molar-refractivity contribution in [2.75, 3.05) is 12.4 Å². The average molecular weight is 500 g/mol. The molecule has 12 heteroatoms. The summed E-state index contributed by atoms with van der Waals surface area (Å²) in [4.78, 5) is 49.5. The molecule has 0 spiro atoms. The van der Waals surface area contributed by atoms with Crippen LogP contribution >= 0.6 is 11.8 Å². The number of non-ortho nitro benzene ring substituents is 1. The lowest BCUT2D eigenvalue weighted by atomic mass is 10.0. The van der Waals surface area contributed by atoms with Crippen molar-refractivity contribution in [3.63, 3.8) is 0 Å². The van der Waals surface area contributed by atoms with Gasteiger partial charge in [0.1, 0.15) is 35.2 Å². The van der Waals surface area contributed by atoms with Crippen molar-refractivity contribution in [3.8, 4) is 11.5 Å². The molecular weight excluding hydrogens is 478 g/mol. The number of nitrogens with one attached hydrogen (secondary N) is 1. The normalized spacial score (nSPS) is 18.9. The summed E-state index contributed by atoms with van der Waals surface area (Å²) in [7, 11) is 0. The second-order valence-corrected chi connectivity index (χ2v) is 8.97. The van der Waals surface area contributed by atoms with Crippen LogP contribution in [0.25, 0.3) is 0 Å². The molecule has 2 amide bonds. The lowest BCUT2D eigenvalue weighted by Gasteiger charge is -2.49. The number of nitro groups is 1. The lowest BCUT2D eigenvalue weighted by Crippen LogP contribution is -2.70. The van der Waals surface area contributed by atoms with E-state index in [2.05, 4.69) is 5.32 Å². The Morgan fingerprint density at radius 3 is 2.54 bits per heavy atom. The number of ether oxygens (including phenoxy) is 2. The third-order valence-corrected chi connectivity index (χ3v) is 6.82. The largest absolute Gasteiger partial charge is 0.508 e. The van der Waals surface area contributed by atoms with Crippen LogP contribution < -0.4 is 10.1 Å². The Morgan fingerprint density at radius 1 is 1.20 bits per heavy atom. The van der Waals surface area contributed by atoms with Gasteiger partial charge in [-0.05, 0) is 54.5 Å². The lowest BCUT2D eigenvalue weighted by molar-refractivity contribution is -0.384. The van der Waals surface area contributed by atoms with E-state index in [-0.39, 0.29) is 30.3 Å². The first kappa shape index (κ1) is 24.1. The Hall–Kier alpha value is -4.06. The minimum absolute atomic E-state index is 0.0708. The van der Waals surface area contributed by atoms with Crippen molar-refractivity contribution in [1.29, 1.82) is 0 Å². The number of nitro benzene ring substituents is 1. The van der Waals surface area contributed by atoms with Crippen LogP contribution in [-0.4, -0.2) is 56.5 Å². The van der Waals surface area contributed by atoms with E-state index in [1.54, 1.807) is 6.92 Å². The zero-order valence-corrected chi connectivity index (χ0v) is 19.3. The molecule has 1 unspecified atom stereocenters. The van der Waals surface area contributed by atoms with Gasteiger partial charge in [-0.3, -0.25) is 24.6 Å². The minimum atomic E-state index is -0.804. The third-order valence-electron chi connectivity index (χ3n) is 5.39. The van der Waals surface area contributed by atoms with E-state index in [9.17, 15) is 29.6 Å². The van der Waals surface area contributed by atoms with Crippen LogP contribution in [0.1, 0.15) is 12.5 Å². The molecule has 2 atom stereocenters. The quantitative estimate of drug-likeness (QED) is 0.241. The summed E-state index contributed by atoms with van der Waals surface area (Å²) in [5, 5.41) is 22.2.